The summed E-state index contributed by atoms with van der Waals surface area (Å²) in [4.78, 5) is 2.51. The van der Waals surface area contributed by atoms with Gasteiger partial charge in [0, 0.05) is 28.8 Å². The monoisotopic (exact) mass is 319 g/mol. The van der Waals surface area contributed by atoms with Crippen LogP contribution in [0.2, 0.25) is 0 Å². The molecule has 2 aliphatic rings. The lowest BCUT2D eigenvalue weighted by atomic mass is 10.0. The van der Waals surface area contributed by atoms with Gasteiger partial charge in [-0.15, -0.1) is 0 Å². The van der Waals surface area contributed by atoms with Gasteiger partial charge in [-0.1, -0.05) is 0 Å². The summed E-state index contributed by atoms with van der Waals surface area (Å²) < 4.78 is 0.900. The van der Waals surface area contributed by atoms with E-state index in [4.69, 9.17) is 5.26 Å². The fourth-order valence-corrected chi connectivity index (χ4v) is 3.80. The van der Waals surface area contributed by atoms with E-state index in [-0.39, 0.29) is 0 Å². The van der Waals surface area contributed by atoms with Gasteiger partial charge >= 0.3 is 0 Å². The van der Waals surface area contributed by atoms with Gasteiger partial charge in [-0.3, -0.25) is 0 Å². The second-order valence-corrected chi connectivity index (χ2v) is 6.24. The van der Waals surface area contributed by atoms with Gasteiger partial charge in [0.25, 0.3) is 0 Å². The molecule has 0 saturated carbocycles. The molecule has 0 radical (unpaired) electrons. The summed E-state index contributed by atoms with van der Waals surface area (Å²) in [5.74, 6) is 0. The Morgan fingerprint density at radius 3 is 2.89 bits per heavy atom. The number of nitriles is 1. The van der Waals surface area contributed by atoms with Crippen LogP contribution in [-0.4, -0.2) is 25.2 Å². The van der Waals surface area contributed by atoms with E-state index in [0.717, 1.165) is 17.6 Å². The van der Waals surface area contributed by atoms with Crippen LogP contribution in [0, 0.1) is 11.3 Å². The molecular formula is C15H18BrN3. The first-order valence-electron chi connectivity index (χ1n) is 6.99. The van der Waals surface area contributed by atoms with Gasteiger partial charge in [0.15, 0.2) is 0 Å². The number of benzene rings is 1. The highest BCUT2D eigenvalue weighted by Crippen LogP contribution is 2.32. The van der Waals surface area contributed by atoms with E-state index in [1.807, 2.05) is 6.07 Å². The summed E-state index contributed by atoms with van der Waals surface area (Å²) in [5.41, 5.74) is 1.94. The van der Waals surface area contributed by atoms with E-state index in [2.05, 4.69) is 44.3 Å². The van der Waals surface area contributed by atoms with Crippen LogP contribution in [0.15, 0.2) is 22.7 Å². The number of nitrogens with one attached hydrogen (secondary N) is 1. The zero-order chi connectivity index (χ0) is 13.2. The first-order chi connectivity index (χ1) is 9.29. The summed E-state index contributed by atoms with van der Waals surface area (Å²) in [6.45, 7) is 2.28. The number of anilines is 1. The van der Waals surface area contributed by atoms with Crippen LogP contribution in [0.4, 0.5) is 5.69 Å². The van der Waals surface area contributed by atoms with E-state index in [9.17, 15) is 0 Å². The lowest BCUT2D eigenvalue weighted by Crippen LogP contribution is -2.44. The smallest absolute Gasteiger partial charge is 0.100 e. The van der Waals surface area contributed by atoms with Crippen molar-refractivity contribution in [1.29, 1.82) is 5.26 Å². The number of halogens is 1. The average Bonchev–Trinajstić information content (AvgIpc) is 3.09. The second-order valence-electron chi connectivity index (χ2n) is 5.38. The van der Waals surface area contributed by atoms with Crippen molar-refractivity contribution in [3.8, 4) is 6.07 Å². The largest absolute Gasteiger partial charge is 0.367 e. The van der Waals surface area contributed by atoms with Crippen molar-refractivity contribution in [3.63, 3.8) is 0 Å². The number of hydrogen-bond acceptors (Lipinski definition) is 3. The molecule has 2 fully saturated rings. The van der Waals surface area contributed by atoms with E-state index < -0.39 is 0 Å². The van der Waals surface area contributed by atoms with Crippen molar-refractivity contribution < 1.29 is 0 Å². The van der Waals surface area contributed by atoms with Crippen molar-refractivity contribution in [2.24, 2.45) is 0 Å². The van der Waals surface area contributed by atoms with E-state index in [0.29, 0.717) is 17.6 Å². The quantitative estimate of drug-likeness (QED) is 0.910. The normalized spacial score (nSPS) is 26.6. The van der Waals surface area contributed by atoms with Gasteiger partial charge in [-0.05, 0) is 66.4 Å². The van der Waals surface area contributed by atoms with Gasteiger partial charge in [0.2, 0.25) is 0 Å². The molecule has 3 rings (SSSR count). The molecule has 100 valence electrons. The van der Waals surface area contributed by atoms with Crippen LogP contribution in [0.3, 0.4) is 0 Å². The van der Waals surface area contributed by atoms with Gasteiger partial charge in [-0.2, -0.15) is 5.26 Å². The number of rotatable bonds is 2. The molecule has 2 atom stereocenters. The van der Waals surface area contributed by atoms with Crippen molar-refractivity contribution in [2.45, 2.75) is 37.8 Å². The third-order valence-corrected chi connectivity index (χ3v) is 4.92. The maximum absolute atomic E-state index is 9.00. The Morgan fingerprint density at radius 1 is 1.32 bits per heavy atom. The van der Waals surface area contributed by atoms with Crippen LogP contribution in [0.1, 0.15) is 31.2 Å². The Labute approximate surface area is 122 Å². The molecule has 4 heteroatoms. The van der Waals surface area contributed by atoms with Crippen molar-refractivity contribution >= 4 is 21.6 Å². The highest BCUT2D eigenvalue weighted by Gasteiger charge is 2.33. The van der Waals surface area contributed by atoms with E-state index in [1.54, 1.807) is 0 Å². The molecule has 2 heterocycles. The Kier molecular flexibility index (Phi) is 3.76. The van der Waals surface area contributed by atoms with Gasteiger partial charge in [0.05, 0.1) is 5.56 Å². The number of nitrogens with zero attached hydrogens (tertiary/aromatic N) is 2. The average molecular weight is 320 g/mol. The molecule has 0 spiro atoms. The Bertz CT molecular complexity index is 503. The third kappa shape index (κ3) is 2.50. The van der Waals surface area contributed by atoms with Gasteiger partial charge < -0.3 is 10.2 Å². The highest BCUT2D eigenvalue weighted by molar-refractivity contribution is 9.10. The number of hydrogen-bond donors (Lipinski definition) is 1. The molecule has 2 unspecified atom stereocenters. The first kappa shape index (κ1) is 13.0. The molecule has 1 aromatic rings. The van der Waals surface area contributed by atoms with Crippen molar-refractivity contribution in [3.05, 3.63) is 28.2 Å². The van der Waals surface area contributed by atoms with E-state index in [1.165, 1.54) is 31.4 Å². The molecule has 2 aliphatic heterocycles. The molecule has 0 bridgehead atoms. The van der Waals surface area contributed by atoms with Crippen LogP contribution >= 0.6 is 15.9 Å². The summed E-state index contributed by atoms with van der Waals surface area (Å²) >= 11 is 3.49. The fourth-order valence-electron chi connectivity index (χ4n) is 3.34. The first-order valence-corrected chi connectivity index (χ1v) is 7.78. The fraction of sp³-hybridized carbons (Fsp3) is 0.533. The Morgan fingerprint density at radius 2 is 2.21 bits per heavy atom. The molecule has 0 aliphatic carbocycles. The molecule has 2 saturated heterocycles. The summed E-state index contributed by atoms with van der Waals surface area (Å²) in [6.07, 6.45) is 5.13. The lowest BCUT2D eigenvalue weighted by molar-refractivity contribution is 0.483. The summed E-state index contributed by atoms with van der Waals surface area (Å²) in [7, 11) is 0. The van der Waals surface area contributed by atoms with Gasteiger partial charge in [0.1, 0.15) is 6.07 Å². The minimum atomic E-state index is 0.613. The maximum atomic E-state index is 9.00. The Balaban J connectivity index is 1.84. The standard InChI is InChI=1S/C15H18BrN3/c16-13-9-12(6-5-11(13)10-17)19-8-2-4-15(19)14-3-1-7-18-14/h5-6,9,14-15,18H,1-4,7-8H2. The SMILES string of the molecule is N#Cc1ccc(N2CCCC2C2CCCN2)cc1Br. The van der Waals surface area contributed by atoms with E-state index >= 15 is 0 Å². The van der Waals surface area contributed by atoms with Crippen LogP contribution in [-0.2, 0) is 0 Å². The predicted octanol–water partition coefficient (Wildman–Crippen LogP) is 3.04. The summed E-state index contributed by atoms with van der Waals surface area (Å²) in [5, 5.41) is 12.6. The van der Waals surface area contributed by atoms with Crippen LogP contribution < -0.4 is 10.2 Å². The predicted molar refractivity (Wildman–Crippen MR) is 80.2 cm³/mol. The molecular weight excluding hydrogens is 302 g/mol. The molecule has 0 aromatic heterocycles. The Hall–Kier alpha value is -1.05. The zero-order valence-electron chi connectivity index (χ0n) is 10.9. The summed E-state index contributed by atoms with van der Waals surface area (Å²) in [6, 6.07) is 9.53. The maximum Gasteiger partial charge on any atom is 0.100 e. The highest BCUT2D eigenvalue weighted by atomic mass is 79.9. The molecule has 0 amide bonds. The molecule has 1 N–H and O–H groups in total. The van der Waals surface area contributed by atoms with Crippen molar-refractivity contribution in [1.82, 2.24) is 5.32 Å². The molecule has 19 heavy (non-hydrogen) atoms. The lowest BCUT2D eigenvalue weighted by Gasteiger charge is -2.31. The van der Waals surface area contributed by atoms with Crippen LogP contribution in [0.25, 0.3) is 0 Å². The van der Waals surface area contributed by atoms with Crippen molar-refractivity contribution in [2.75, 3.05) is 18.0 Å². The second kappa shape index (κ2) is 5.52. The topological polar surface area (TPSA) is 39.1 Å². The van der Waals surface area contributed by atoms with Crippen LogP contribution in [0.5, 0.6) is 0 Å². The minimum Gasteiger partial charge on any atom is -0.367 e. The molecule has 1 aromatic carbocycles. The molecule has 3 nitrogen and oxygen atoms in total. The third-order valence-electron chi connectivity index (χ3n) is 4.27. The minimum absolute atomic E-state index is 0.613. The van der Waals surface area contributed by atoms with Gasteiger partial charge in [-0.25, -0.2) is 0 Å². The zero-order valence-corrected chi connectivity index (χ0v) is 12.5.